The summed E-state index contributed by atoms with van der Waals surface area (Å²) >= 11 is 0. The third-order valence-electron chi connectivity index (χ3n) is 4.04. The van der Waals surface area contributed by atoms with E-state index in [1.165, 1.54) is 0 Å². The molecule has 25 heavy (non-hydrogen) atoms. The van der Waals surface area contributed by atoms with Crippen molar-refractivity contribution in [3.63, 3.8) is 0 Å². The summed E-state index contributed by atoms with van der Waals surface area (Å²) in [4.78, 5) is 12.0. The zero-order chi connectivity index (χ0) is 17.5. The van der Waals surface area contributed by atoms with Crippen LogP contribution in [-0.4, -0.2) is 37.9 Å². The predicted molar refractivity (Wildman–Crippen MR) is 89.2 cm³/mol. The number of amides is 1. The second-order valence-corrected chi connectivity index (χ2v) is 5.96. The number of benzene rings is 1. The van der Waals surface area contributed by atoms with E-state index in [0.717, 1.165) is 24.3 Å². The number of aromatic nitrogens is 1. The molecule has 7 nitrogen and oxygen atoms in total. The molecule has 7 heteroatoms. The normalized spacial score (nSPS) is 16.8. The minimum absolute atomic E-state index is 0.239. The van der Waals surface area contributed by atoms with Crippen LogP contribution in [0.2, 0.25) is 0 Å². The van der Waals surface area contributed by atoms with Gasteiger partial charge in [-0.3, -0.25) is 4.79 Å². The van der Waals surface area contributed by atoms with E-state index in [1.54, 1.807) is 13.2 Å². The van der Waals surface area contributed by atoms with E-state index in [1.807, 2.05) is 24.3 Å². The summed E-state index contributed by atoms with van der Waals surface area (Å²) in [5, 5.41) is 6.65. The maximum atomic E-state index is 12.0. The Kier molecular flexibility index (Phi) is 6.03. The number of carbonyl (C=O) groups excluding carboxylic acids is 1. The Labute approximate surface area is 146 Å². The minimum Gasteiger partial charge on any atom is -0.497 e. The lowest BCUT2D eigenvalue weighted by molar-refractivity contribution is 0.0876. The van der Waals surface area contributed by atoms with Gasteiger partial charge in [-0.15, -0.1) is 0 Å². The van der Waals surface area contributed by atoms with Crippen molar-refractivity contribution < 1.29 is 23.5 Å². The lowest BCUT2D eigenvalue weighted by atomic mass is 10.1. The van der Waals surface area contributed by atoms with Crippen molar-refractivity contribution in [3.8, 4) is 5.75 Å². The van der Waals surface area contributed by atoms with Gasteiger partial charge in [0.2, 0.25) is 0 Å². The Morgan fingerprint density at radius 3 is 2.88 bits per heavy atom. The molecule has 3 rings (SSSR count). The first-order valence-electron chi connectivity index (χ1n) is 8.27. The first kappa shape index (κ1) is 17.4. The summed E-state index contributed by atoms with van der Waals surface area (Å²) in [5.74, 6) is 1.46. The molecule has 1 aromatic heterocycles. The van der Waals surface area contributed by atoms with Gasteiger partial charge in [-0.2, -0.15) is 0 Å². The van der Waals surface area contributed by atoms with Crippen LogP contribution in [0.1, 0.15) is 28.2 Å². The molecule has 0 spiro atoms. The average molecular weight is 346 g/mol. The summed E-state index contributed by atoms with van der Waals surface area (Å²) in [6.07, 6.45) is 0.976. The third kappa shape index (κ3) is 5.04. The van der Waals surface area contributed by atoms with Gasteiger partial charge < -0.3 is 24.1 Å². The molecule has 1 aromatic carbocycles. The highest BCUT2D eigenvalue weighted by molar-refractivity contribution is 5.92. The Hall–Kier alpha value is -2.38. The van der Waals surface area contributed by atoms with Gasteiger partial charge in [0, 0.05) is 25.1 Å². The monoisotopic (exact) mass is 346 g/mol. The van der Waals surface area contributed by atoms with Crippen molar-refractivity contribution in [1.82, 2.24) is 10.5 Å². The number of hydrogen-bond donors (Lipinski definition) is 1. The summed E-state index contributed by atoms with van der Waals surface area (Å²) in [7, 11) is 1.63. The topological polar surface area (TPSA) is 82.8 Å². The Morgan fingerprint density at radius 2 is 2.16 bits per heavy atom. The van der Waals surface area contributed by atoms with Gasteiger partial charge >= 0.3 is 0 Å². The van der Waals surface area contributed by atoms with E-state index >= 15 is 0 Å². The van der Waals surface area contributed by atoms with E-state index in [2.05, 4.69) is 10.5 Å². The second kappa shape index (κ2) is 8.64. The molecule has 1 aliphatic rings. The van der Waals surface area contributed by atoms with E-state index in [-0.39, 0.29) is 18.2 Å². The van der Waals surface area contributed by atoms with Crippen molar-refractivity contribution in [3.05, 3.63) is 47.3 Å². The van der Waals surface area contributed by atoms with Crippen LogP contribution in [0.15, 0.2) is 34.9 Å². The Bertz CT molecular complexity index is 677. The third-order valence-corrected chi connectivity index (χ3v) is 4.04. The van der Waals surface area contributed by atoms with Crippen LogP contribution in [0.4, 0.5) is 0 Å². The molecule has 1 amide bonds. The molecular formula is C18H22N2O5. The average Bonchev–Trinajstić information content (AvgIpc) is 3.32. The van der Waals surface area contributed by atoms with E-state index < -0.39 is 0 Å². The van der Waals surface area contributed by atoms with Crippen LogP contribution < -0.4 is 10.1 Å². The van der Waals surface area contributed by atoms with Crippen LogP contribution in [0.25, 0.3) is 0 Å². The fraction of sp³-hybridized carbons (Fsp3) is 0.444. The molecule has 1 unspecified atom stereocenters. The molecule has 0 bridgehead atoms. The zero-order valence-electron chi connectivity index (χ0n) is 14.2. The molecule has 2 heterocycles. The molecule has 0 saturated carbocycles. The van der Waals surface area contributed by atoms with Gasteiger partial charge in [-0.1, -0.05) is 17.3 Å². The first-order valence-corrected chi connectivity index (χ1v) is 8.27. The van der Waals surface area contributed by atoms with E-state index in [0.29, 0.717) is 31.4 Å². The van der Waals surface area contributed by atoms with Gasteiger partial charge in [0.15, 0.2) is 11.5 Å². The summed E-state index contributed by atoms with van der Waals surface area (Å²) in [5.41, 5.74) is 1.29. The van der Waals surface area contributed by atoms with Crippen LogP contribution in [0, 0.1) is 5.92 Å². The zero-order valence-corrected chi connectivity index (χ0v) is 14.2. The van der Waals surface area contributed by atoms with Gasteiger partial charge in [-0.25, -0.2) is 0 Å². The molecular weight excluding hydrogens is 324 g/mol. The number of rotatable bonds is 8. The van der Waals surface area contributed by atoms with Gasteiger partial charge in [0.1, 0.15) is 12.4 Å². The Balaban J connectivity index is 1.42. The number of carbonyl (C=O) groups is 1. The Morgan fingerprint density at radius 1 is 1.32 bits per heavy atom. The summed E-state index contributed by atoms with van der Waals surface area (Å²) in [6.45, 7) is 2.75. The van der Waals surface area contributed by atoms with Gasteiger partial charge in [-0.05, 0) is 24.1 Å². The standard InChI is InChI=1S/C18H22N2O5/c1-22-15-4-2-13(3-5-15)10-24-12-16-8-17(20-25-16)18(21)19-9-14-6-7-23-11-14/h2-5,8,14H,6-7,9-12H2,1H3,(H,19,21). The van der Waals surface area contributed by atoms with E-state index in [4.69, 9.17) is 18.7 Å². The number of hydrogen-bond acceptors (Lipinski definition) is 6. The molecule has 1 N–H and O–H groups in total. The highest BCUT2D eigenvalue weighted by Crippen LogP contribution is 2.14. The molecule has 134 valence electrons. The minimum atomic E-state index is -0.239. The molecule has 2 aromatic rings. The van der Waals surface area contributed by atoms with Gasteiger partial charge in [0.05, 0.1) is 20.3 Å². The fourth-order valence-corrected chi connectivity index (χ4v) is 2.55. The highest BCUT2D eigenvalue weighted by Gasteiger charge is 2.18. The highest BCUT2D eigenvalue weighted by atomic mass is 16.5. The van der Waals surface area contributed by atoms with Crippen molar-refractivity contribution in [1.29, 1.82) is 0 Å². The predicted octanol–water partition coefficient (Wildman–Crippen LogP) is 2.17. The molecule has 1 aliphatic heterocycles. The maximum absolute atomic E-state index is 12.0. The SMILES string of the molecule is COc1ccc(COCc2cc(C(=O)NCC3CCOC3)no2)cc1. The smallest absolute Gasteiger partial charge is 0.273 e. The summed E-state index contributed by atoms with van der Waals surface area (Å²) in [6, 6.07) is 9.24. The van der Waals surface area contributed by atoms with Crippen molar-refractivity contribution in [2.45, 2.75) is 19.6 Å². The van der Waals surface area contributed by atoms with Crippen LogP contribution in [0.5, 0.6) is 5.75 Å². The van der Waals surface area contributed by atoms with Gasteiger partial charge in [0.25, 0.3) is 5.91 Å². The molecule has 1 saturated heterocycles. The molecule has 0 radical (unpaired) electrons. The summed E-state index contributed by atoms with van der Waals surface area (Å²) < 4.78 is 21.1. The number of methoxy groups -OCH3 is 1. The fourth-order valence-electron chi connectivity index (χ4n) is 2.55. The number of ether oxygens (including phenoxy) is 3. The van der Waals surface area contributed by atoms with Crippen molar-refractivity contribution in [2.24, 2.45) is 5.92 Å². The van der Waals surface area contributed by atoms with Crippen molar-refractivity contribution >= 4 is 5.91 Å². The number of nitrogens with one attached hydrogen (secondary N) is 1. The van der Waals surface area contributed by atoms with Crippen LogP contribution >= 0.6 is 0 Å². The lowest BCUT2D eigenvalue weighted by Gasteiger charge is -2.07. The first-order chi connectivity index (χ1) is 12.2. The largest absolute Gasteiger partial charge is 0.497 e. The second-order valence-electron chi connectivity index (χ2n) is 5.96. The lowest BCUT2D eigenvalue weighted by Crippen LogP contribution is -2.29. The maximum Gasteiger partial charge on any atom is 0.273 e. The molecule has 1 atom stereocenters. The van der Waals surface area contributed by atoms with Crippen LogP contribution in [-0.2, 0) is 22.7 Å². The van der Waals surface area contributed by atoms with E-state index in [9.17, 15) is 4.79 Å². The number of nitrogens with zero attached hydrogens (tertiary/aromatic N) is 1. The molecule has 1 fully saturated rings. The van der Waals surface area contributed by atoms with Crippen molar-refractivity contribution in [2.75, 3.05) is 26.9 Å². The quantitative estimate of drug-likeness (QED) is 0.789. The van der Waals surface area contributed by atoms with Crippen LogP contribution in [0.3, 0.4) is 0 Å². The molecule has 0 aliphatic carbocycles.